The van der Waals surface area contributed by atoms with Crippen molar-refractivity contribution in [1.29, 1.82) is 0 Å². The molecule has 0 radical (unpaired) electrons. The molecule has 10 nitrogen and oxygen atoms in total. The number of hydrogen-bond donors (Lipinski definition) is 0. The molecule has 3 atom stereocenters. The van der Waals surface area contributed by atoms with Gasteiger partial charge in [-0.15, -0.1) is 0 Å². The summed E-state index contributed by atoms with van der Waals surface area (Å²) in [6.07, 6.45) is 6.79. The summed E-state index contributed by atoms with van der Waals surface area (Å²) in [6, 6.07) is 7.73. The van der Waals surface area contributed by atoms with Crippen LogP contribution in [0.25, 0.3) is 0 Å². The average Bonchev–Trinajstić information content (AvgIpc) is 3.47. The van der Waals surface area contributed by atoms with Crippen LogP contribution in [0.1, 0.15) is 51.5 Å². The second kappa shape index (κ2) is 11.4. The Kier molecular flexibility index (Phi) is 8.39. The number of methoxy groups -OCH3 is 1. The number of nitro groups is 1. The zero-order chi connectivity index (χ0) is 23.8. The Morgan fingerprint density at radius 1 is 1.24 bits per heavy atom. The monoisotopic (exact) mass is 458 g/mol. The molecule has 2 aromatic rings. The van der Waals surface area contributed by atoms with Gasteiger partial charge in [-0.1, -0.05) is 50.8 Å². The Bertz CT molecular complexity index is 947. The lowest BCUT2D eigenvalue weighted by molar-refractivity contribution is -0.389. The van der Waals surface area contributed by atoms with E-state index < -0.39 is 23.0 Å². The Labute approximate surface area is 192 Å². The highest BCUT2D eigenvalue weighted by molar-refractivity contribution is 5.87. The lowest BCUT2D eigenvalue weighted by Crippen LogP contribution is -2.44. The molecule has 10 heteroatoms. The topological polar surface area (TPSA) is 117 Å². The van der Waals surface area contributed by atoms with E-state index in [0.29, 0.717) is 18.6 Å². The summed E-state index contributed by atoms with van der Waals surface area (Å²) in [5.74, 6) is -0.475. The van der Waals surface area contributed by atoms with E-state index in [2.05, 4.69) is 11.9 Å². The first-order valence-corrected chi connectivity index (χ1v) is 11.2. The molecule has 0 N–H and O–H groups in total. The number of carbonyl (C=O) groups is 2. The summed E-state index contributed by atoms with van der Waals surface area (Å²) in [7, 11) is 1.29. The molecule has 1 aliphatic rings. The maximum atomic E-state index is 13.7. The molecule has 0 spiro atoms. The van der Waals surface area contributed by atoms with Crippen molar-refractivity contribution in [1.82, 2.24) is 14.5 Å². The molecular formula is C23H30N4O6. The van der Waals surface area contributed by atoms with E-state index in [1.54, 1.807) is 0 Å². The summed E-state index contributed by atoms with van der Waals surface area (Å²) in [6.45, 7) is 2.32. The van der Waals surface area contributed by atoms with Gasteiger partial charge in [-0.05, 0) is 28.5 Å². The van der Waals surface area contributed by atoms with E-state index in [1.807, 2.05) is 30.3 Å². The normalized spacial score (nSPS) is 18.7. The zero-order valence-electron chi connectivity index (χ0n) is 19.0. The second-order valence-corrected chi connectivity index (χ2v) is 8.12. The molecular weight excluding hydrogens is 428 g/mol. The molecule has 0 aliphatic carbocycles. The lowest BCUT2D eigenvalue weighted by Gasteiger charge is -2.27. The number of carbonyl (C=O) groups excluding carboxylic acids is 2. The highest BCUT2D eigenvalue weighted by Gasteiger charge is 2.44. The van der Waals surface area contributed by atoms with E-state index in [4.69, 9.17) is 9.47 Å². The van der Waals surface area contributed by atoms with Crippen molar-refractivity contribution >= 4 is 17.7 Å². The van der Waals surface area contributed by atoms with Crippen LogP contribution >= 0.6 is 0 Å². The SMILES string of the molecule is CCCCCCC(C(=O)N1CC(Oc2ccccc2)C[C@H]1C(=O)OC)n1cnc([N+](=O)[O-])c1. The number of para-hydroxylation sites is 1. The van der Waals surface area contributed by atoms with Gasteiger partial charge in [0.15, 0.2) is 0 Å². The number of hydrogen-bond acceptors (Lipinski definition) is 7. The highest BCUT2D eigenvalue weighted by Crippen LogP contribution is 2.29. The number of nitrogens with zero attached hydrogens (tertiary/aromatic N) is 4. The summed E-state index contributed by atoms with van der Waals surface area (Å²) in [4.78, 5) is 42.0. The largest absolute Gasteiger partial charge is 0.488 e. The quantitative estimate of drug-likeness (QED) is 0.219. The van der Waals surface area contributed by atoms with Crippen LogP contribution in [0, 0.1) is 10.1 Å². The molecule has 1 aromatic heterocycles. The third-order valence-corrected chi connectivity index (χ3v) is 5.82. The van der Waals surface area contributed by atoms with Crippen LogP contribution < -0.4 is 4.74 Å². The molecule has 1 aromatic carbocycles. The van der Waals surface area contributed by atoms with Crippen molar-refractivity contribution in [3.05, 3.63) is 53.0 Å². The number of esters is 1. The molecule has 0 bridgehead atoms. The third-order valence-electron chi connectivity index (χ3n) is 5.82. The predicted molar refractivity (Wildman–Crippen MR) is 120 cm³/mol. The van der Waals surface area contributed by atoms with Gasteiger partial charge in [0, 0.05) is 6.42 Å². The summed E-state index contributed by atoms with van der Waals surface area (Å²) >= 11 is 0. The number of rotatable bonds is 11. The van der Waals surface area contributed by atoms with Crippen molar-refractivity contribution in [2.45, 2.75) is 63.6 Å². The van der Waals surface area contributed by atoms with Gasteiger partial charge in [-0.2, -0.15) is 0 Å². The highest BCUT2D eigenvalue weighted by atomic mass is 16.6. The lowest BCUT2D eigenvalue weighted by atomic mass is 10.1. The van der Waals surface area contributed by atoms with Crippen LogP contribution in [0.2, 0.25) is 0 Å². The van der Waals surface area contributed by atoms with Crippen molar-refractivity contribution in [2.75, 3.05) is 13.7 Å². The van der Waals surface area contributed by atoms with Crippen LogP contribution in [0.15, 0.2) is 42.9 Å². The Hall–Kier alpha value is -3.43. The maximum Gasteiger partial charge on any atom is 0.381 e. The first kappa shape index (κ1) is 24.2. The molecule has 2 heterocycles. The molecule has 2 unspecified atom stereocenters. The molecule has 1 amide bonds. The van der Waals surface area contributed by atoms with Crippen LogP contribution in [-0.2, 0) is 14.3 Å². The molecule has 1 aliphatic heterocycles. The van der Waals surface area contributed by atoms with E-state index >= 15 is 0 Å². The number of amides is 1. The van der Waals surface area contributed by atoms with Crippen molar-refractivity contribution in [3.8, 4) is 5.75 Å². The van der Waals surface area contributed by atoms with Gasteiger partial charge in [-0.3, -0.25) is 9.36 Å². The maximum absolute atomic E-state index is 13.7. The van der Waals surface area contributed by atoms with Gasteiger partial charge in [0.2, 0.25) is 12.2 Å². The number of aromatic nitrogens is 2. The minimum Gasteiger partial charge on any atom is -0.488 e. The number of imidazole rings is 1. The predicted octanol–water partition coefficient (Wildman–Crippen LogP) is 3.52. The van der Waals surface area contributed by atoms with Crippen LogP contribution in [0.4, 0.5) is 5.82 Å². The molecule has 3 rings (SSSR count). The number of unbranched alkanes of at least 4 members (excludes halogenated alkanes) is 3. The third kappa shape index (κ3) is 6.09. The van der Waals surface area contributed by atoms with Crippen LogP contribution in [0.3, 0.4) is 0 Å². The summed E-state index contributed by atoms with van der Waals surface area (Å²) in [5, 5.41) is 11.1. The van der Waals surface area contributed by atoms with Crippen molar-refractivity contribution < 1.29 is 24.0 Å². The fourth-order valence-corrected chi connectivity index (χ4v) is 4.12. The minimum absolute atomic E-state index is 0.218. The van der Waals surface area contributed by atoms with Gasteiger partial charge in [0.1, 0.15) is 30.1 Å². The zero-order valence-corrected chi connectivity index (χ0v) is 19.0. The molecule has 178 valence electrons. The van der Waals surface area contributed by atoms with E-state index in [9.17, 15) is 19.7 Å². The van der Waals surface area contributed by atoms with E-state index in [-0.39, 0.29) is 24.4 Å². The number of ether oxygens (including phenoxy) is 2. The smallest absolute Gasteiger partial charge is 0.381 e. The van der Waals surface area contributed by atoms with Gasteiger partial charge in [-0.25, -0.2) is 4.79 Å². The number of likely N-dealkylation sites (tertiary alicyclic amines) is 1. The Balaban J connectivity index is 1.82. The number of benzene rings is 1. The van der Waals surface area contributed by atoms with Gasteiger partial charge in [0.25, 0.3) is 0 Å². The Morgan fingerprint density at radius 2 is 2.00 bits per heavy atom. The first-order chi connectivity index (χ1) is 15.9. The molecule has 0 saturated carbocycles. The average molecular weight is 459 g/mol. The Morgan fingerprint density at radius 3 is 2.64 bits per heavy atom. The van der Waals surface area contributed by atoms with Crippen LogP contribution in [-0.4, -0.2) is 57.1 Å². The first-order valence-electron chi connectivity index (χ1n) is 11.2. The summed E-state index contributed by atoms with van der Waals surface area (Å²) < 4.78 is 12.4. The molecule has 33 heavy (non-hydrogen) atoms. The van der Waals surface area contributed by atoms with Gasteiger partial charge >= 0.3 is 11.8 Å². The molecule has 1 fully saturated rings. The second-order valence-electron chi connectivity index (χ2n) is 8.12. The van der Waals surface area contributed by atoms with Gasteiger partial charge in [0.05, 0.1) is 13.7 Å². The molecule has 1 saturated heterocycles. The van der Waals surface area contributed by atoms with Crippen LogP contribution in [0.5, 0.6) is 5.75 Å². The van der Waals surface area contributed by atoms with Gasteiger partial charge < -0.3 is 24.5 Å². The fourth-order valence-electron chi connectivity index (χ4n) is 4.12. The summed E-state index contributed by atoms with van der Waals surface area (Å²) in [5.41, 5.74) is 0. The minimum atomic E-state index is -0.784. The van der Waals surface area contributed by atoms with Crippen molar-refractivity contribution in [2.24, 2.45) is 0 Å². The van der Waals surface area contributed by atoms with E-state index in [1.165, 1.54) is 29.1 Å². The van der Waals surface area contributed by atoms with Crippen molar-refractivity contribution in [3.63, 3.8) is 0 Å². The standard InChI is InChI=1S/C23H30N4O6/c1-3-4-5-9-12-19(25-15-21(24-16-25)27(30)31)22(28)26-14-18(13-20(26)23(29)32-2)33-17-10-7-6-8-11-17/h6-8,10-11,15-16,18-20H,3-5,9,12-14H2,1-2H3/t18?,19?,20-/m0/s1. The fraction of sp³-hybridized carbons (Fsp3) is 0.522. The van der Waals surface area contributed by atoms with E-state index in [0.717, 1.165) is 25.7 Å².